The molecule has 0 spiro atoms. The van der Waals surface area contributed by atoms with Gasteiger partial charge in [-0.05, 0) is 43.2 Å². The van der Waals surface area contributed by atoms with E-state index in [1.54, 1.807) is 18.4 Å². The van der Waals surface area contributed by atoms with E-state index in [2.05, 4.69) is 5.32 Å². The second-order valence-electron chi connectivity index (χ2n) is 5.65. The first-order valence-corrected chi connectivity index (χ1v) is 8.04. The van der Waals surface area contributed by atoms with E-state index in [9.17, 15) is 5.11 Å². The highest BCUT2D eigenvalue weighted by Gasteiger charge is 2.18. The van der Waals surface area contributed by atoms with Gasteiger partial charge in [-0.3, -0.25) is 0 Å². The highest BCUT2D eigenvalue weighted by Crippen LogP contribution is 2.38. The minimum absolute atomic E-state index is 0.113. The lowest BCUT2D eigenvalue weighted by atomic mass is 10.1. The fourth-order valence-corrected chi connectivity index (χ4v) is 2.86. The average molecular weight is 338 g/mol. The number of nitrogens with one attached hydrogen (secondary N) is 1. The van der Waals surface area contributed by atoms with Crippen molar-refractivity contribution in [2.24, 2.45) is 0 Å². The van der Waals surface area contributed by atoms with Crippen LogP contribution in [0.5, 0.6) is 11.5 Å². The fraction of sp³-hybridized carbons (Fsp3) is 0.412. The molecule has 0 saturated heterocycles. The van der Waals surface area contributed by atoms with Gasteiger partial charge in [0, 0.05) is 12.6 Å². The largest absolute Gasteiger partial charge is 0.486 e. The van der Waals surface area contributed by atoms with Crippen molar-refractivity contribution in [1.29, 1.82) is 0 Å². The lowest BCUT2D eigenvalue weighted by Crippen LogP contribution is -2.27. The van der Waals surface area contributed by atoms with Gasteiger partial charge in [-0.25, -0.2) is 0 Å². The standard InChI is InChI=1S/C17H20ClNO4/c1-11(7-14(20)15-3-2-4-21-15)19-10-12-8-13(18)17-16(9-12)22-5-6-23-17/h2-4,8-9,11,14,19-20H,5-7,10H2,1H3. The van der Waals surface area contributed by atoms with Crippen molar-refractivity contribution < 1.29 is 19.0 Å². The Balaban J connectivity index is 1.56. The molecule has 124 valence electrons. The van der Waals surface area contributed by atoms with E-state index < -0.39 is 6.10 Å². The van der Waals surface area contributed by atoms with E-state index in [1.165, 1.54) is 0 Å². The SMILES string of the molecule is CC(CC(O)c1ccco1)NCc1cc(Cl)c2c(c1)OCCO2. The van der Waals surface area contributed by atoms with Crippen LogP contribution >= 0.6 is 11.6 Å². The van der Waals surface area contributed by atoms with Gasteiger partial charge in [0.1, 0.15) is 25.1 Å². The van der Waals surface area contributed by atoms with E-state index in [1.807, 2.05) is 19.1 Å². The van der Waals surface area contributed by atoms with Gasteiger partial charge in [-0.1, -0.05) is 11.6 Å². The molecule has 2 N–H and O–H groups in total. The number of ether oxygens (including phenoxy) is 2. The summed E-state index contributed by atoms with van der Waals surface area (Å²) in [5, 5.41) is 14.0. The van der Waals surface area contributed by atoms with Gasteiger partial charge >= 0.3 is 0 Å². The quantitative estimate of drug-likeness (QED) is 0.846. The number of rotatable bonds is 6. The molecule has 2 aromatic rings. The third kappa shape index (κ3) is 3.99. The Bertz CT molecular complexity index is 644. The molecule has 2 atom stereocenters. The van der Waals surface area contributed by atoms with Crippen molar-refractivity contribution in [3.05, 3.63) is 46.9 Å². The van der Waals surface area contributed by atoms with Crippen LogP contribution < -0.4 is 14.8 Å². The summed E-state index contributed by atoms with van der Waals surface area (Å²) >= 11 is 6.23. The average Bonchev–Trinajstić information content (AvgIpc) is 3.07. The molecule has 0 saturated carbocycles. The lowest BCUT2D eigenvalue weighted by molar-refractivity contribution is 0.128. The van der Waals surface area contributed by atoms with Crippen LogP contribution in [-0.2, 0) is 6.54 Å². The molecule has 6 heteroatoms. The summed E-state index contributed by atoms with van der Waals surface area (Å²) < 4.78 is 16.3. The number of furan rings is 1. The third-order valence-electron chi connectivity index (χ3n) is 3.76. The van der Waals surface area contributed by atoms with Crippen molar-refractivity contribution in [1.82, 2.24) is 5.32 Å². The highest BCUT2D eigenvalue weighted by molar-refractivity contribution is 6.32. The number of aliphatic hydroxyl groups is 1. The number of halogens is 1. The molecular formula is C17H20ClNO4. The van der Waals surface area contributed by atoms with Crippen LogP contribution in [0, 0.1) is 0 Å². The van der Waals surface area contributed by atoms with Crippen molar-refractivity contribution in [2.45, 2.75) is 32.0 Å². The predicted molar refractivity (Wildman–Crippen MR) is 87.0 cm³/mol. The second kappa shape index (κ2) is 7.25. The zero-order chi connectivity index (χ0) is 16.2. The molecule has 0 bridgehead atoms. The molecule has 0 radical (unpaired) electrons. The number of hydrogen-bond acceptors (Lipinski definition) is 5. The Hall–Kier alpha value is -1.69. The Morgan fingerprint density at radius 1 is 1.30 bits per heavy atom. The van der Waals surface area contributed by atoms with Crippen LogP contribution in [-0.4, -0.2) is 24.4 Å². The summed E-state index contributed by atoms with van der Waals surface area (Å²) in [5.41, 5.74) is 1.01. The molecule has 1 aromatic carbocycles. The molecule has 3 rings (SSSR count). The zero-order valence-electron chi connectivity index (χ0n) is 12.9. The normalized spacial score (nSPS) is 16.1. The number of benzene rings is 1. The molecule has 0 aliphatic carbocycles. The summed E-state index contributed by atoms with van der Waals surface area (Å²) in [5.74, 6) is 1.88. The molecule has 5 nitrogen and oxygen atoms in total. The molecule has 2 unspecified atom stereocenters. The van der Waals surface area contributed by atoms with Crippen LogP contribution in [0.25, 0.3) is 0 Å². The van der Waals surface area contributed by atoms with Gasteiger partial charge in [0.05, 0.1) is 11.3 Å². The van der Waals surface area contributed by atoms with Crippen molar-refractivity contribution in [3.8, 4) is 11.5 Å². The van der Waals surface area contributed by atoms with E-state index in [0.29, 0.717) is 48.5 Å². The maximum absolute atomic E-state index is 10.1. The summed E-state index contributed by atoms with van der Waals surface area (Å²) in [4.78, 5) is 0. The van der Waals surface area contributed by atoms with E-state index >= 15 is 0 Å². The van der Waals surface area contributed by atoms with Gasteiger partial charge in [-0.2, -0.15) is 0 Å². The number of fused-ring (bicyclic) bond motifs is 1. The first-order valence-electron chi connectivity index (χ1n) is 7.66. The molecule has 1 aromatic heterocycles. The minimum Gasteiger partial charge on any atom is -0.486 e. The smallest absolute Gasteiger partial charge is 0.179 e. The fourth-order valence-electron chi connectivity index (χ4n) is 2.57. The summed E-state index contributed by atoms with van der Waals surface area (Å²) in [6, 6.07) is 7.47. The summed E-state index contributed by atoms with van der Waals surface area (Å²) in [7, 11) is 0. The Kier molecular flexibility index (Phi) is 5.10. The molecule has 0 amide bonds. The van der Waals surface area contributed by atoms with E-state index in [4.69, 9.17) is 25.5 Å². The van der Waals surface area contributed by atoms with Crippen LogP contribution in [0.4, 0.5) is 0 Å². The minimum atomic E-state index is -0.614. The highest BCUT2D eigenvalue weighted by atomic mass is 35.5. The topological polar surface area (TPSA) is 63.9 Å². The monoisotopic (exact) mass is 337 g/mol. The zero-order valence-corrected chi connectivity index (χ0v) is 13.7. The first-order chi connectivity index (χ1) is 11.1. The molecule has 23 heavy (non-hydrogen) atoms. The van der Waals surface area contributed by atoms with Gasteiger partial charge in [0.15, 0.2) is 11.5 Å². The number of hydrogen-bond donors (Lipinski definition) is 2. The lowest BCUT2D eigenvalue weighted by Gasteiger charge is -2.21. The van der Waals surface area contributed by atoms with Gasteiger partial charge in [0.2, 0.25) is 0 Å². The Morgan fingerprint density at radius 3 is 2.91 bits per heavy atom. The second-order valence-corrected chi connectivity index (χ2v) is 6.06. The predicted octanol–water partition coefficient (Wildman–Crippen LogP) is 3.31. The van der Waals surface area contributed by atoms with Crippen LogP contribution in [0.1, 0.15) is 30.8 Å². The first kappa shape index (κ1) is 16.2. The van der Waals surface area contributed by atoms with Crippen molar-refractivity contribution in [3.63, 3.8) is 0 Å². The van der Waals surface area contributed by atoms with Crippen LogP contribution in [0.2, 0.25) is 5.02 Å². The Labute approximate surface area is 140 Å². The maximum atomic E-state index is 10.1. The van der Waals surface area contributed by atoms with Crippen molar-refractivity contribution in [2.75, 3.05) is 13.2 Å². The molecule has 1 aliphatic rings. The van der Waals surface area contributed by atoms with Gasteiger partial charge in [-0.15, -0.1) is 0 Å². The van der Waals surface area contributed by atoms with E-state index in [-0.39, 0.29) is 6.04 Å². The molecule has 2 heterocycles. The van der Waals surface area contributed by atoms with Gasteiger partial charge < -0.3 is 24.3 Å². The van der Waals surface area contributed by atoms with E-state index in [0.717, 1.165) is 5.56 Å². The summed E-state index contributed by atoms with van der Waals surface area (Å²) in [6.07, 6.45) is 1.51. The maximum Gasteiger partial charge on any atom is 0.179 e. The Morgan fingerprint density at radius 2 is 2.13 bits per heavy atom. The third-order valence-corrected chi connectivity index (χ3v) is 4.04. The molecule has 0 fully saturated rings. The molecule has 1 aliphatic heterocycles. The van der Waals surface area contributed by atoms with Gasteiger partial charge in [0.25, 0.3) is 0 Å². The van der Waals surface area contributed by atoms with Crippen molar-refractivity contribution >= 4 is 11.6 Å². The van der Waals surface area contributed by atoms with Crippen LogP contribution in [0.15, 0.2) is 34.9 Å². The summed E-state index contributed by atoms with van der Waals surface area (Å²) in [6.45, 7) is 3.70. The van der Waals surface area contributed by atoms with Crippen LogP contribution in [0.3, 0.4) is 0 Å². The molecular weight excluding hydrogens is 318 g/mol. The number of aliphatic hydroxyl groups excluding tert-OH is 1.